The fraction of sp³-hybridized carbons (Fsp3) is 0.353. The Balaban J connectivity index is 2.88. The predicted molar refractivity (Wildman–Crippen MR) is 91.0 cm³/mol. The van der Waals surface area contributed by atoms with Crippen molar-refractivity contribution in [1.82, 2.24) is 5.32 Å². The Labute approximate surface area is 145 Å². The normalized spacial score (nSPS) is 11.9. The Kier molecular flexibility index (Phi) is 7.45. The number of imide groups is 1. The summed E-state index contributed by atoms with van der Waals surface area (Å²) in [6.07, 6.45) is 1.49. The molecule has 0 spiro atoms. The van der Waals surface area contributed by atoms with E-state index < -0.39 is 24.0 Å². The third kappa shape index (κ3) is 6.17. The maximum atomic E-state index is 12.0. The Bertz CT molecular complexity index is 669. The van der Waals surface area contributed by atoms with Gasteiger partial charge >= 0.3 is 12.0 Å². The van der Waals surface area contributed by atoms with Crippen molar-refractivity contribution in [3.8, 4) is 11.5 Å². The molecule has 0 radical (unpaired) electrons. The number of hydrogen-bond acceptors (Lipinski definition) is 6. The summed E-state index contributed by atoms with van der Waals surface area (Å²) in [4.78, 5) is 34.6. The second-order valence-electron chi connectivity index (χ2n) is 5.40. The van der Waals surface area contributed by atoms with E-state index in [1.807, 2.05) is 5.32 Å². The molecule has 0 aliphatic heterocycles. The molecule has 0 aliphatic carbocycles. The van der Waals surface area contributed by atoms with Crippen LogP contribution in [0.4, 0.5) is 4.79 Å². The highest BCUT2D eigenvalue weighted by Crippen LogP contribution is 2.25. The van der Waals surface area contributed by atoms with Crippen LogP contribution in [0.1, 0.15) is 19.4 Å². The van der Waals surface area contributed by atoms with Gasteiger partial charge in [-0.2, -0.15) is 0 Å². The molecule has 0 saturated carbocycles. The average molecular weight is 350 g/mol. The van der Waals surface area contributed by atoms with Crippen molar-refractivity contribution in [2.24, 2.45) is 11.7 Å². The Morgan fingerprint density at radius 1 is 1.16 bits per heavy atom. The first kappa shape index (κ1) is 20.0. The van der Waals surface area contributed by atoms with E-state index >= 15 is 0 Å². The van der Waals surface area contributed by atoms with Crippen LogP contribution in [0.5, 0.6) is 11.5 Å². The summed E-state index contributed by atoms with van der Waals surface area (Å²) in [5, 5.41) is 1.90. The van der Waals surface area contributed by atoms with Gasteiger partial charge < -0.3 is 19.9 Å². The number of rotatable bonds is 7. The Hall–Kier alpha value is -3.03. The SMILES string of the molecule is COc1ccc(OC)c(/C=C/C(=O)O[C@H](C(=O)NC(N)=O)C(C)C)c1. The number of ether oxygens (including phenoxy) is 3. The van der Waals surface area contributed by atoms with Crippen LogP contribution in [0, 0.1) is 5.92 Å². The van der Waals surface area contributed by atoms with Gasteiger partial charge in [0.25, 0.3) is 5.91 Å². The summed E-state index contributed by atoms with van der Waals surface area (Å²) in [5.41, 5.74) is 5.50. The number of nitrogens with two attached hydrogens (primary N) is 1. The van der Waals surface area contributed by atoms with Gasteiger partial charge in [0, 0.05) is 11.6 Å². The van der Waals surface area contributed by atoms with Crippen LogP contribution in [0.2, 0.25) is 0 Å². The highest BCUT2D eigenvalue weighted by atomic mass is 16.5. The largest absolute Gasteiger partial charge is 0.497 e. The van der Waals surface area contributed by atoms with Gasteiger partial charge in [-0.1, -0.05) is 13.8 Å². The molecule has 1 atom stereocenters. The minimum absolute atomic E-state index is 0.344. The molecule has 0 aromatic heterocycles. The molecule has 1 rings (SSSR count). The van der Waals surface area contributed by atoms with E-state index in [-0.39, 0.29) is 5.92 Å². The quantitative estimate of drug-likeness (QED) is 0.568. The molecule has 25 heavy (non-hydrogen) atoms. The zero-order valence-corrected chi connectivity index (χ0v) is 14.6. The molecule has 8 heteroatoms. The number of nitrogens with one attached hydrogen (secondary N) is 1. The highest BCUT2D eigenvalue weighted by Gasteiger charge is 2.26. The molecule has 0 aliphatic rings. The van der Waals surface area contributed by atoms with Gasteiger partial charge in [0.15, 0.2) is 6.10 Å². The lowest BCUT2D eigenvalue weighted by Gasteiger charge is -2.18. The molecule has 1 aromatic rings. The van der Waals surface area contributed by atoms with Crippen molar-refractivity contribution < 1.29 is 28.6 Å². The fourth-order valence-corrected chi connectivity index (χ4v) is 1.98. The highest BCUT2D eigenvalue weighted by molar-refractivity contribution is 5.97. The number of amides is 3. The lowest BCUT2D eigenvalue weighted by atomic mass is 10.1. The van der Waals surface area contributed by atoms with Gasteiger partial charge in [0.1, 0.15) is 11.5 Å². The van der Waals surface area contributed by atoms with E-state index in [0.29, 0.717) is 17.1 Å². The summed E-state index contributed by atoms with van der Waals surface area (Å²) in [5.74, 6) is -0.735. The molecule has 1 aromatic carbocycles. The van der Waals surface area contributed by atoms with E-state index in [9.17, 15) is 14.4 Å². The molecule has 0 fully saturated rings. The standard InChI is InChI=1S/C17H22N2O6/c1-10(2)15(16(21)19-17(18)22)25-14(20)8-5-11-9-12(23-3)6-7-13(11)24-4/h5-10,15H,1-4H3,(H3,18,19,21,22)/b8-5+/t15-/m0/s1. The molecule has 136 valence electrons. The summed E-state index contributed by atoms with van der Waals surface area (Å²) in [6.45, 7) is 3.35. The van der Waals surface area contributed by atoms with Gasteiger partial charge in [-0.05, 0) is 30.2 Å². The number of benzene rings is 1. The van der Waals surface area contributed by atoms with Gasteiger partial charge in [0.05, 0.1) is 14.2 Å². The third-order valence-corrected chi connectivity index (χ3v) is 3.19. The first-order valence-corrected chi connectivity index (χ1v) is 7.49. The van der Waals surface area contributed by atoms with Crippen molar-refractivity contribution in [1.29, 1.82) is 0 Å². The fourth-order valence-electron chi connectivity index (χ4n) is 1.98. The van der Waals surface area contributed by atoms with Gasteiger partial charge in [-0.15, -0.1) is 0 Å². The zero-order valence-electron chi connectivity index (χ0n) is 14.6. The molecule has 0 unspecified atom stereocenters. The lowest BCUT2D eigenvalue weighted by Crippen LogP contribution is -2.45. The minimum Gasteiger partial charge on any atom is -0.497 e. The van der Waals surface area contributed by atoms with E-state index in [1.54, 1.807) is 32.0 Å². The molecular weight excluding hydrogens is 328 g/mol. The van der Waals surface area contributed by atoms with E-state index in [4.69, 9.17) is 19.9 Å². The molecule has 0 saturated heterocycles. The zero-order chi connectivity index (χ0) is 19.0. The topological polar surface area (TPSA) is 117 Å². The van der Waals surface area contributed by atoms with Crippen molar-refractivity contribution >= 4 is 24.0 Å². The first-order chi connectivity index (χ1) is 11.8. The maximum absolute atomic E-state index is 12.0. The maximum Gasteiger partial charge on any atom is 0.331 e. The summed E-state index contributed by atoms with van der Waals surface area (Å²) >= 11 is 0. The molecule has 0 heterocycles. The van der Waals surface area contributed by atoms with Crippen molar-refractivity contribution in [3.05, 3.63) is 29.8 Å². The number of carbonyl (C=O) groups excluding carboxylic acids is 3. The van der Waals surface area contributed by atoms with Crippen LogP contribution in [0.3, 0.4) is 0 Å². The van der Waals surface area contributed by atoms with Crippen LogP contribution in [-0.4, -0.2) is 38.2 Å². The number of primary amides is 1. The van der Waals surface area contributed by atoms with Gasteiger partial charge in [-0.25, -0.2) is 9.59 Å². The van der Waals surface area contributed by atoms with Crippen LogP contribution >= 0.6 is 0 Å². The lowest BCUT2D eigenvalue weighted by molar-refractivity contribution is -0.153. The van der Waals surface area contributed by atoms with Gasteiger partial charge in [-0.3, -0.25) is 10.1 Å². The number of hydrogen-bond donors (Lipinski definition) is 2. The van der Waals surface area contributed by atoms with Crippen molar-refractivity contribution in [3.63, 3.8) is 0 Å². The number of methoxy groups -OCH3 is 2. The van der Waals surface area contributed by atoms with Crippen LogP contribution < -0.4 is 20.5 Å². The molecule has 3 amide bonds. The van der Waals surface area contributed by atoms with Crippen LogP contribution in [-0.2, 0) is 14.3 Å². The van der Waals surface area contributed by atoms with Crippen LogP contribution in [0.25, 0.3) is 6.08 Å². The van der Waals surface area contributed by atoms with E-state index in [0.717, 1.165) is 6.08 Å². The monoisotopic (exact) mass is 350 g/mol. The smallest absolute Gasteiger partial charge is 0.331 e. The third-order valence-electron chi connectivity index (χ3n) is 3.19. The summed E-state index contributed by atoms with van der Waals surface area (Å²) in [7, 11) is 3.02. The van der Waals surface area contributed by atoms with Crippen molar-refractivity contribution in [2.75, 3.05) is 14.2 Å². The van der Waals surface area contributed by atoms with E-state index in [1.165, 1.54) is 20.3 Å². The second-order valence-corrected chi connectivity index (χ2v) is 5.40. The molecule has 8 nitrogen and oxygen atoms in total. The molecule has 0 bridgehead atoms. The van der Waals surface area contributed by atoms with Gasteiger partial charge in [0.2, 0.25) is 0 Å². The number of esters is 1. The predicted octanol–water partition coefficient (Wildman–Crippen LogP) is 1.48. The Morgan fingerprint density at radius 2 is 1.84 bits per heavy atom. The van der Waals surface area contributed by atoms with E-state index in [2.05, 4.69) is 0 Å². The Morgan fingerprint density at radius 3 is 2.36 bits per heavy atom. The first-order valence-electron chi connectivity index (χ1n) is 7.49. The molecular formula is C17H22N2O6. The minimum atomic E-state index is -1.14. The summed E-state index contributed by atoms with van der Waals surface area (Å²) < 4.78 is 15.4. The van der Waals surface area contributed by atoms with Crippen molar-refractivity contribution in [2.45, 2.75) is 20.0 Å². The average Bonchev–Trinajstić information content (AvgIpc) is 2.56. The summed E-state index contributed by atoms with van der Waals surface area (Å²) in [6, 6.07) is 4.09. The molecule has 3 N–H and O–H groups in total. The number of carbonyl (C=O) groups is 3. The van der Waals surface area contributed by atoms with Crippen LogP contribution in [0.15, 0.2) is 24.3 Å². The number of urea groups is 1. The second kappa shape index (κ2) is 9.31.